The van der Waals surface area contributed by atoms with E-state index in [0.29, 0.717) is 32.5 Å². The van der Waals surface area contributed by atoms with Crippen molar-refractivity contribution in [2.24, 2.45) is 5.92 Å². The molecule has 1 aliphatic carbocycles. The predicted molar refractivity (Wildman–Crippen MR) is 86.5 cm³/mol. The highest BCUT2D eigenvalue weighted by atomic mass is 19.4. The van der Waals surface area contributed by atoms with Crippen molar-refractivity contribution in [2.45, 2.75) is 37.9 Å². The molecule has 0 bridgehead atoms. The van der Waals surface area contributed by atoms with Crippen LogP contribution in [0.5, 0.6) is 0 Å². The number of aromatic nitrogens is 1. The highest BCUT2D eigenvalue weighted by Gasteiger charge is 2.46. The van der Waals surface area contributed by atoms with Gasteiger partial charge in [-0.15, -0.1) is 0 Å². The van der Waals surface area contributed by atoms with Gasteiger partial charge in [0.2, 0.25) is 0 Å². The first kappa shape index (κ1) is 18.0. The summed E-state index contributed by atoms with van der Waals surface area (Å²) in [5, 5.41) is 2.56. The highest BCUT2D eigenvalue weighted by molar-refractivity contribution is 5.94. The van der Waals surface area contributed by atoms with Gasteiger partial charge in [-0.05, 0) is 25.0 Å². The van der Waals surface area contributed by atoms with E-state index in [9.17, 15) is 18.0 Å². The van der Waals surface area contributed by atoms with E-state index in [2.05, 4.69) is 10.3 Å². The van der Waals surface area contributed by atoms with Crippen molar-refractivity contribution >= 4 is 11.7 Å². The lowest BCUT2D eigenvalue weighted by Crippen LogP contribution is -2.47. The van der Waals surface area contributed by atoms with Gasteiger partial charge >= 0.3 is 6.18 Å². The summed E-state index contributed by atoms with van der Waals surface area (Å²) < 4.78 is 44.7. The third-order valence-electron chi connectivity index (χ3n) is 4.85. The summed E-state index contributed by atoms with van der Waals surface area (Å²) in [4.78, 5) is 18.6. The number of rotatable bonds is 3. The van der Waals surface area contributed by atoms with Crippen molar-refractivity contribution in [3.63, 3.8) is 0 Å². The first-order chi connectivity index (χ1) is 11.9. The molecule has 25 heavy (non-hydrogen) atoms. The number of alkyl halides is 3. The summed E-state index contributed by atoms with van der Waals surface area (Å²) in [5.74, 6) is -1.22. The molecule has 0 spiro atoms. The number of ether oxygens (including phenoxy) is 1. The second-order valence-electron chi connectivity index (χ2n) is 6.52. The van der Waals surface area contributed by atoms with Crippen LogP contribution in [-0.4, -0.2) is 49.4 Å². The zero-order valence-corrected chi connectivity index (χ0v) is 13.9. The van der Waals surface area contributed by atoms with Gasteiger partial charge in [0, 0.05) is 25.3 Å². The quantitative estimate of drug-likeness (QED) is 0.904. The number of hydrogen-bond donors (Lipinski definition) is 1. The van der Waals surface area contributed by atoms with Crippen LogP contribution in [0.3, 0.4) is 0 Å². The molecule has 1 amide bonds. The van der Waals surface area contributed by atoms with Gasteiger partial charge in [0.1, 0.15) is 5.82 Å². The van der Waals surface area contributed by atoms with Gasteiger partial charge < -0.3 is 15.0 Å². The molecule has 2 aliphatic rings. The van der Waals surface area contributed by atoms with E-state index in [1.54, 1.807) is 12.1 Å². The minimum absolute atomic E-state index is 0.0721. The van der Waals surface area contributed by atoms with E-state index < -0.39 is 24.0 Å². The Morgan fingerprint density at radius 1 is 1.20 bits per heavy atom. The maximum Gasteiger partial charge on any atom is 0.393 e. The van der Waals surface area contributed by atoms with Crippen LogP contribution in [0, 0.1) is 5.92 Å². The topological polar surface area (TPSA) is 54.5 Å². The summed E-state index contributed by atoms with van der Waals surface area (Å²) in [6.07, 6.45) is -1.18. The van der Waals surface area contributed by atoms with E-state index in [-0.39, 0.29) is 12.0 Å². The molecule has 3 rings (SSSR count). The van der Waals surface area contributed by atoms with Crippen LogP contribution in [0.1, 0.15) is 36.0 Å². The Kier molecular flexibility index (Phi) is 5.46. The number of nitrogens with one attached hydrogen (secondary N) is 1. The average molecular weight is 357 g/mol. The van der Waals surface area contributed by atoms with E-state index in [1.807, 2.05) is 4.90 Å². The van der Waals surface area contributed by atoms with Crippen molar-refractivity contribution in [1.82, 2.24) is 10.3 Å². The van der Waals surface area contributed by atoms with Crippen LogP contribution in [0.25, 0.3) is 0 Å². The van der Waals surface area contributed by atoms with Crippen LogP contribution in [0.4, 0.5) is 19.0 Å². The van der Waals surface area contributed by atoms with Crippen molar-refractivity contribution in [1.29, 1.82) is 0 Å². The molecule has 2 atom stereocenters. The molecule has 2 heterocycles. The summed E-state index contributed by atoms with van der Waals surface area (Å²) in [7, 11) is 0. The molecule has 0 radical (unpaired) electrons. The standard InChI is InChI=1S/C17H22F3N3O2/c18-17(19,20)13-3-1-2-4-14(13)22-16(24)12-5-6-15(21-11-12)23-7-9-25-10-8-23/h5-6,11,13-14H,1-4,7-10H2,(H,22,24)/t13-,14-/m0/s1. The Bertz CT molecular complexity index is 586. The fraction of sp³-hybridized carbons (Fsp3) is 0.647. The number of nitrogens with zero attached hydrogens (tertiary/aromatic N) is 2. The minimum atomic E-state index is -4.28. The van der Waals surface area contributed by atoms with Crippen molar-refractivity contribution in [3.8, 4) is 0 Å². The average Bonchev–Trinajstić information content (AvgIpc) is 2.62. The Balaban J connectivity index is 1.64. The highest BCUT2D eigenvalue weighted by Crippen LogP contribution is 2.37. The number of amides is 1. The number of hydrogen-bond acceptors (Lipinski definition) is 4. The van der Waals surface area contributed by atoms with Gasteiger partial charge in [-0.1, -0.05) is 12.8 Å². The molecule has 1 saturated carbocycles. The van der Waals surface area contributed by atoms with E-state index >= 15 is 0 Å². The van der Waals surface area contributed by atoms with Crippen LogP contribution >= 0.6 is 0 Å². The zero-order chi connectivity index (χ0) is 17.9. The fourth-order valence-corrected chi connectivity index (χ4v) is 3.45. The summed E-state index contributed by atoms with van der Waals surface area (Å²) in [6, 6.07) is 2.47. The number of anilines is 1. The molecule has 1 aliphatic heterocycles. The van der Waals surface area contributed by atoms with Crippen molar-refractivity contribution in [3.05, 3.63) is 23.9 Å². The predicted octanol–water partition coefficient (Wildman–Crippen LogP) is 2.77. The van der Waals surface area contributed by atoms with Gasteiger partial charge in [0.05, 0.1) is 24.7 Å². The van der Waals surface area contributed by atoms with Crippen LogP contribution in [-0.2, 0) is 4.74 Å². The SMILES string of the molecule is O=C(N[C@H]1CCCC[C@@H]1C(F)(F)F)c1ccc(N2CCOCC2)nc1. The lowest BCUT2D eigenvalue weighted by Gasteiger charge is -2.33. The molecule has 0 aromatic carbocycles. The Morgan fingerprint density at radius 3 is 2.56 bits per heavy atom. The number of carbonyl (C=O) groups excluding carboxylic acids is 1. The largest absolute Gasteiger partial charge is 0.393 e. The van der Waals surface area contributed by atoms with Crippen LogP contribution in [0.2, 0.25) is 0 Å². The number of carbonyl (C=O) groups is 1. The third kappa shape index (κ3) is 4.42. The van der Waals surface area contributed by atoms with Gasteiger partial charge in [0.25, 0.3) is 5.91 Å². The molecular weight excluding hydrogens is 335 g/mol. The maximum atomic E-state index is 13.1. The molecular formula is C17H22F3N3O2. The number of pyridine rings is 1. The maximum absolute atomic E-state index is 13.1. The normalized spacial score (nSPS) is 24.8. The van der Waals surface area contributed by atoms with E-state index in [1.165, 1.54) is 6.20 Å². The Labute approximate surface area is 144 Å². The molecule has 1 saturated heterocycles. The van der Waals surface area contributed by atoms with Crippen LogP contribution in [0.15, 0.2) is 18.3 Å². The lowest BCUT2D eigenvalue weighted by atomic mass is 9.84. The smallest absolute Gasteiger partial charge is 0.378 e. The molecule has 8 heteroatoms. The molecule has 1 aromatic rings. The van der Waals surface area contributed by atoms with E-state index in [4.69, 9.17) is 4.74 Å². The summed E-state index contributed by atoms with van der Waals surface area (Å²) in [5.41, 5.74) is 0.281. The van der Waals surface area contributed by atoms with Crippen molar-refractivity contribution < 1.29 is 22.7 Å². The van der Waals surface area contributed by atoms with Gasteiger partial charge in [-0.25, -0.2) is 4.98 Å². The lowest BCUT2D eigenvalue weighted by molar-refractivity contribution is -0.187. The molecule has 2 fully saturated rings. The first-order valence-electron chi connectivity index (χ1n) is 8.61. The van der Waals surface area contributed by atoms with Crippen molar-refractivity contribution in [2.75, 3.05) is 31.2 Å². The summed E-state index contributed by atoms with van der Waals surface area (Å²) in [6.45, 7) is 2.72. The van der Waals surface area contributed by atoms with Gasteiger partial charge in [-0.2, -0.15) is 13.2 Å². The van der Waals surface area contributed by atoms with Crippen LogP contribution < -0.4 is 10.2 Å². The number of halogens is 3. The Hall–Kier alpha value is -1.83. The minimum Gasteiger partial charge on any atom is -0.378 e. The second-order valence-corrected chi connectivity index (χ2v) is 6.52. The molecule has 0 unspecified atom stereocenters. The summed E-state index contributed by atoms with van der Waals surface area (Å²) >= 11 is 0. The first-order valence-corrected chi connectivity index (χ1v) is 8.61. The van der Waals surface area contributed by atoms with Gasteiger partial charge in [0.15, 0.2) is 0 Å². The monoisotopic (exact) mass is 357 g/mol. The molecule has 5 nitrogen and oxygen atoms in total. The molecule has 1 aromatic heterocycles. The van der Waals surface area contributed by atoms with E-state index in [0.717, 1.165) is 18.9 Å². The zero-order valence-electron chi connectivity index (χ0n) is 13.9. The Morgan fingerprint density at radius 2 is 1.92 bits per heavy atom. The van der Waals surface area contributed by atoms with Gasteiger partial charge in [-0.3, -0.25) is 4.79 Å². The number of morpholine rings is 1. The second kappa shape index (κ2) is 7.59. The third-order valence-corrected chi connectivity index (χ3v) is 4.85. The molecule has 138 valence electrons. The fourth-order valence-electron chi connectivity index (χ4n) is 3.45. The molecule has 1 N–H and O–H groups in total.